The van der Waals surface area contributed by atoms with Gasteiger partial charge in [-0.15, -0.1) is 0 Å². The zero-order chi connectivity index (χ0) is 19.7. The Hall–Kier alpha value is -3.67. The highest BCUT2D eigenvalue weighted by atomic mass is 16.3. The van der Waals surface area contributed by atoms with Crippen LogP contribution in [0.5, 0.6) is 0 Å². The van der Waals surface area contributed by atoms with Crippen LogP contribution in [0.15, 0.2) is 74.6 Å². The summed E-state index contributed by atoms with van der Waals surface area (Å²) in [5.41, 5.74) is 1.93. The van der Waals surface area contributed by atoms with Gasteiger partial charge >= 0.3 is 0 Å². The molecule has 0 radical (unpaired) electrons. The molecule has 6 heteroatoms. The summed E-state index contributed by atoms with van der Waals surface area (Å²) in [7, 11) is 0. The van der Waals surface area contributed by atoms with Crippen molar-refractivity contribution in [1.82, 2.24) is 4.98 Å². The average molecular weight is 374 g/mol. The largest absolute Gasteiger partial charge is 0.467 e. The summed E-state index contributed by atoms with van der Waals surface area (Å²) in [6.07, 6.45) is 3.14. The van der Waals surface area contributed by atoms with E-state index in [1.54, 1.807) is 42.6 Å². The number of benzene rings is 1. The highest BCUT2D eigenvalue weighted by Gasteiger charge is 2.24. The van der Waals surface area contributed by atoms with Crippen LogP contribution in [0.4, 0.5) is 5.82 Å². The maximum absolute atomic E-state index is 13.3. The second kappa shape index (κ2) is 7.15. The molecule has 0 aliphatic heterocycles. The molecule has 3 heterocycles. The minimum absolute atomic E-state index is 0.0401. The average Bonchev–Trinajstić information content (AvgIpc) is 3.20. The maximum atomic E-state index is 13.3. The van der Waals surface area contributed by atoms with Gasteiger partial charge in [-0.3, -0.25) is 14.5 Å². The van der Waals surface area contributed by atoms with E-state index in [1.165, 1.54) is 17.2 Å². The zero-order valence-electron chi connectivity index (χ0n) is 15.5. The van der Waals surface area contributed by atoms with Gasteiger partial charge in [0.15, 0.2) is 11.2 Å². The van der Waals surface area contributed by atoms with E-state index in [0.717, 1.165) is 11.1 Å². The van der Waals surface area contributed by atoms with E-state index in [9.17, 15) is 9.59 Å². The first kappa shape index (κ1) is 17.7. The number of fused-ring (bicyclic) bond motifs is 1. The number of anilines is 1. The lowest BCUT2D eigenvalue weighted by atomic mass is 10.1. The lowest BCUT2D eigenvalue weighted by Crippen LogP contribution is -2.31. The Kier molecular flexibility index (Phi) is 4.53. The van der Waals surface area contributed by atoms with E-state index in [-0.39, 0.29) is 17.7 Å². The summed E-state index contributed by atoms with van der Waals surface area (Å²) in [6.45, 7) is 3.93. The molecule has 6 nitrogen and oxygen atoms in total. The van der Waals surface area contributed by atoms with Crippen LogP contribution in [0.25, 0.3) is 11.0 Å². The zero-order valence-corrected chi connectivity index (χ0v) is 15.5. The minimum atomic E-state index is -0.464. The van der Waals surface area contributed by atoms with Crippen molar-refractivity contribution in [3.05, 3.63) is 93.9 Å². The van der Waals surface area contributed by atoms with Crippen LogP contribution < -0.4 is 10.3 Å². The van der Waals surface area contributed by atoms with Crippen molar-refractivity contribution in [2.75, 3.05) is 4.90 Å². The van der Waals surface area contributed by atoms with Crippen LogP contribution in [0.1, 0.15) is 27.4 Å². The third-order valence-corrected chi connectivity index (χ3v) is 4.43. The number of carbonyl (C=O) groups excluding carboxylic acids is 1. The topological polar surface area (TPSA) is 76.6 Å². The Balaban J connectivity index is 1.81. The van der Waals surface area contributed by atoms with E-state index in [1.807, 2.05) is 19.9 Å². The van der Waals surface area contributed by atoms with Crippen LogP contribution in [-0.4, -0.2) is 10.9 Å². The molecule has 1 amide bonds. The number of carbonyl (C=O) groups is 1. The van der Waals surface area contributed by atoms with Gasteiger partial charge in [0.05, 0.1) is 18.2 Å². The van der Waals surface area contributed by atoms with Crippen LogP contribution in [0, 0.1) is 13.8 Å². The first-order valence-electron chi connectivity index (χ1n) is 8.83. The Bertz CT molecular complexity index is 1190. The molecule has 4 aromatic rings. The molecular weight excluding hydrogens is 356 g/mol. The fourth-order valence-electron chi connectivity index (χ4n) is 3.18. The van der Waals surface area contributed by atoms with E-state index in [0.29, 0.717) is 22.5 Å². The number of amides is 1. The van der Waals surface area contributed by atoms with Crippen LogP contribution in [0.3, 0.4) is 0 Å². The third-order valence-electron chi connectivity index (χ3n) is 4.43. The Morgan fingerprint density at radius 2 is 1.96 bits per heavy atom. The summed E-state index contributed by atoms with van der Waals surface area (Å²) in [5.74, 6) is 0.525. The van der Waals surface area contributed by atoms with Gasteiger partial charge < -0.3 is 8.83 Å². The van der Waals surface area contributed by atoms with E-state index in [4.69, 9.17) is 8.83 Å². The molecule has 140 valence electrons. The number of nitrogens with zero attached hydrogens (tertiary/aromatic N) is 2. The Morgan fingerprint density at radius 1 is 1.11 bits per heavy atom. The summed E-state index contributed by atoms with van der Waals surface area (Å²) >= 11 is 0. The quantitative estimate of drug-likeness (QED) is 0.534. The summed E-state index contributed by atoms with van der Waals surface area (Å²) < 4.78 is 11.2. The highest BCUT2D eigenvalue weighted by Crippen LogP contribution is 2.22. The van der Waals surface area contributed by atoms with Crippen molar-refractivity contribution < 1.29 is 13.6 Å². The first-order valence-corrected chi connectivity index (χ1v) is 8.83. The summed E-state index contributed by atoms with van der Waals surface area (Å²) in [4.78, 5) is 31.6. The Morgan fingerprint density at radius 3 is 2.68 bits per heavy atom. The van der Waals surface area contributed by atoms with Gasteiger partial charge in [-0.1, -0.05) is 12.1 Å². The fraction of sp³-hybridized carbons (Fsp3) is 0.136. The van der Waals surface area contributed by atoms with Gasteiger partial charge in [0.2, 0.25) is 0 Å². The summed E-state index contributed by atoms with van der Waals surface area (Å²) in [6, 6.07) is 13.7. The normalized spacial score (nSPS) is 10.9. The van der Waals surface area contributed by atoms with E-state index < -0.39 is 5.91 Å². The highest BCUT2D eigenvalue weighted by molar-refractivity contribution is 6.04. The fourth-order valence-corrected chi connectivity index (χ4v) is 3.18. The first-order chi connectivity index (χ1) is 13.5. The molecule has 0 spiro atoms. The molecule has 3 aromatic heterocycles. The molecule has 0 aliphatic carbocycles. The predicted octanol–water partition coefficient (Wildman–Crippen LogP) is 4.24. The molecular formula is C22H18N2O4. The van der Waals surface area contributed by atoms with Gasteiger partial charge in [-0.05, 0) is 55.3 Å². The van der Waals surface area contributed by atoms with E-state index in [2.05, 4.69) is 4.98 Å². The van der Waals surface area contributed by atoms with Crippen molar-refractivity contribution >= 4 is 22.7 Å². The molecule has 0 fully saturated rings. The molecule has 0 atom stereocenters. The van der Waals surface area contributed by atoms with Crippen molar-refractivity contribution in [1.29, 1.82) is 0 Å². The van der Waals surface area contributed by atoms with Crippen molar-refractivity contribution in [2.24, 2.45) is 0 Å². The third kappa shape index (κ3) is 3.32. The van der Waals surface area contributed by atoms with Crippen molar-refractivity contribution in [3.63, 3.8) is 0 Å². The number of aromatic nitrogens is 1. The second-order valence-electron chi connectivity index (χ2n) is 6.59. The van der Waals surface area contributed by atoms with Crippen LogP contribution in [0.2, 0.25) is 0 Å². The summed E-state index contributed by atoms with van der Waals surface area (Å²) in [5, 5.41) is 0.462. The monoisotopic (exact) mass is 374 g/mol. The molecule has 0 aliphatic rings. The lowest BCUT2D eigenvalue weighted by Gasteiger charge is -2.20. The van der Waals surface area contributed by atoms with Crippen molar-refractivity contribution in [3.8, 4) is 0 Å². The SMILES string of the molecule is Cc1cc(C)c2oc(C(=O)N(Cc3ccco3)c3ccccn3)cc(=O)c2c1. The molecule has 1 aromatic carbocycles. The molecule has 0 saturated heterocycles. The van der Waals surface area contributed by atoms with Gasteiger partial charge in [0, 0.05) is 12.3 Å². The standard InChI is InChI=1S/C22H18N2O4/c1-14-10-15(2)21-17(11-14)18(25)12-19(28-21)22(26)24(13-16-6-5-9-27-16)20-7-3-4-8-23-20/h3-12H,13H2,1-2H3. The Labute approximate surface area is 161 Å². The molecule has 0 N–H and O–H groups in total. The molecule has 0 bridgehead atoms. The van der Waals surface area contributed by atoms with Crippen LogP contribution >= 0.6 is 0 Å². The van der Waals surface area contributed by atoms with Gasteiger partial charge in [-0.25, -0.2) is 4.98 Å². The maximum Gasteiger partial charge on any atom is 0.295 e. The lowest BCUT2D eigenvalue weighted by molar-refractivity contribution is 0.0956. The molecule has 28 heavy (non-hydrogen) atoms. The van der Waals surface area contributed by atoms with Crippen molar-refractivity contribution in [2.45, 2.75) is 20.4 Å². The number of aryl methyl sites for hydroxylation is 2. The number of furan rings is 1. The van der Waals surface area contributed by atoms with E-state index >= 15 is 0 Å². The number of rotatable bonds is 4. The number of hydrogen-bond acceptors (Lipinski definition) is 5. The molecule has 0 unspecified atom stereocenters. The van der Waals surface area contributed by atoms with Gasteiger partial charge in [0.1, 0.15) is 17.2 Å². The predicted molar refractivity (Wildman–Crippen MR) is 105 cm³/mol. The van der Waals surface area contributed by atoms with Crippen LogP contribution in [-0.2, 0) is 6.54 Å². The van der Waals surface area contributed by atoms with Gasteiger partial charge in [-0.2, -0.15) is 0 Å². The van der Waals surface area contributed by atoms with Gasteiger partial charge in [0.25, 0.3) is 5.91 Å². The second-order valence-corrected chi connectivity index (χ2v) is 6.59. The smallest absolute Gasteiger partial charge is 0.295 e. The molecule has 0 saturated carbocycles. The molecule has 4 rings (SSSR count). The minimum Gasteiger partial charge on any atom is -0.467 e. The number of pyridine rings is 1. The number of hydrogen-bond donors (Lipinski definition) is 0.